The van der Waals surface area contributed by atoms with Gasteiger partial charge in [-0.15, -0.1) is 0 Å². The van der Waals surface area contributed by atoms with Gasteiger partial charge in [0, 0.05) is 24.2 Å². The third-order valence-corrected chi connectivity index (χ3v) is 4.79. The van der Waals surface area contributed by atoms with E-state index in [1.54, 1.807) is 6.33 Å². The summed E-state index contributed by atoms with van der Waals surface area (Å²) in [7, 11) is 0. The molecule has 1 aliphatic rings. The van der Waals surface area contributed by atoms with Crippen LogP contribution < -0.4 is 10.2 Å². The second-order valence-electron chi connectivity index (χ2n) is 6.83. The number of hydrogen-bond acceptors (Lipinski definition) is 4. The zero-order valence-electron chi connectivity index (χ0n) is 14.9. The Morgan fingerprint density at radius 1 is 1.08 bits per heavy atom. The minimum Gasteiger partial charge on any atom is -0.356 e. The van der Waals surface area contributed by atoms with Gasteiger partial charge in [-0.25, -0.2) is 9.97 Å². The third-order valence-electron chi connectivity index (χ3n) is 4.79. The average molecular weight is 346 g/mol. The topological polar surface area (TPSA) is 58.1 Å². The van der Waals surface area contributed by atoms with Gasteiger partial charge in [0.05, 0.1) is 11.9 Å². The zero-order chi connectivity index (χ0) is 17.9. The van der Waals surface area contributed by atoms with E-state index in [0.717, 1.165) is 41.1 Å². The monoisotopic (exact) mass is 346 g/mol. The number of nitrogens with one attached hydrogen (secondary N) is 1. The van der Waals surface area contributed by atoms with Crippen LogP contribution in [-0.4, -0.2) is 29.0 Å². The first kappa shape index (κ1) is 16.5. The molecule has 4 rings (SSSR count). The maximum absolute atomic E-state index is 12.4. The predicted molar refractivity (Wildman–Crippen MR) is 104 cm³/mol. The van der Waals surface area contributed by atoms with Crippen molar-refractivity contribution >= 4 is 28.3 Å². The molecule has 0 unspecified atom stereocenters. The molecular weight excluding hydrogens is 324 g/mol. The van der Waals surface area contributed by atoms with Crippen LogP contribution in [0.4, 0.5) is 11.5 Å². The van der Waals surface area contributed by atoms with Crippen LogP contribution in [0, 0.1) is 6.92 Å². The Morgan fingerprint density at radius 2 is 1.85 bits per heavy atom. The van der Waals surface area contributed by atoms with Crippen LogP contribution in [-0.2, 0) is 11.2 Å². The van der Waals surface area contributed by atoms with Gasteiger partial charge in [-0.3, -0.25) is 4.79 Å². The van der Waals surface area contributed by atoms with E-state index >= 15 is 0 Å². The number of hydrogen-bond donors (Lipinski definition) is 1. The highest BCUT2D eigenvalue weighted by atomic mass is 16.1. The number of amides is 1. The van der Waals surface area contributed by atoms with Gasteiger partial charge in [-0.1, -0.05) is 29.8 Å². The second-order valence-corrected chi connectivity index (χ2v) is 6.83. The zero-order valence-corrected chi connectivity index (χ0v) is 14.9. The van der Waals surface area contributed by atoms with Gasteiger partial charge in [0.1, 0.15) is 12.1 Å². The molecule has 5 heteroatoms. The van der Waals surface area contributed by atoms with E-state index in [9.17, 15) is 4.79 Å². The standard InChI is InChI=1S/C21H22N4O/c1-15-4-6-16(7-5-15)12-20(26)24-17-8-9-19-18(13-17)21(23-14-22-19)25-10-2-3-11-25/h4-9,13-14H,2-3,10-12H2,1H3,(H,24,26). The first-order chi connectivity index (χ1) is 12.7. The summed E-state index contributed by atoms with van der Waals surface area (Å²) in [5, 5.41) is 3.99. The SMILES string of the molecule is Cc1ccc(CC(=O)Nc2ccc3ncnc(N4CCCC4)c3c2)cc1. The molecule has 0 atom stereocenters. The summed E-state index contributed by atoms with van der Waals surface area (Å²) >= 11 is 0. The fourth-order valence-electron chi connectivity index (χ4n) is 3.40. The van der Waals surface area contributed by atoms with Crippen LogP contribution in [0.5, 0.6) is 0 Å². The van der Waals surface area contributed by atoms with E-state index in [1.807, 2.05) is 49.4 Å². The van der Waals surface area contributed by atoms with Crippen molar-refractivity contribution < 1.29 is 4.79 Å². The van der Waals surface area contributed by atoms with Gasteiger partial charge in [0.2, 0.25) is 5.91 Å². The Morgan fingerprint density at radius 3 is 2.62 bits per heavy atom. The van der Waals surface area contributed by atoms with Gasteiger partial charge in [0.25, 0.3) is 0 Å². The maximum atomic E-state index is 12.4. The number of rotatable bonds is 4. The smallest absolute Gasteiger partial charge is 0.228 e. The molecule has 1 N–H and O–H groups in total. The quantitative estimate of drug-likeness (QED) is 0.782. The van der Waals surface area contributed by atoms with E-state index < -0.39 is 0 Å². The van der Waals surface area contributed by atoms with Gasteiger partial charge in [0.15, 0.2) is 0 Å². The number of anilines is 2. The highest BCUT2D eigenvalue weighted by Gasteiger charge is 2.17. The molecule has 1 aromatic heterocycles. The first-order valence-electron chi connectivity index (χ1n) is 9.04. The van der Waals surface area contributed by atoms with Gasteiger partial charge < -0.3 is 10.2 Å². The van der Waals surface area contributed by atoms with E-state index in [-0.39, 0.29) is 5.91 Å². The molecule has 3 aromatic rings. The summed E-state index contributed by atoms with van der Waals surface area (Å²) in [6.07, 6.45) is 4.37. The first-order valence-corrected chi connectivity index (χ1v) is 9.04. The lowest BCUT2D eigenvalue weighted by Crippen LogP contribution is -2.19. The van der Waals surface area contributed by atoms with Crippen molar-refractivity contribution in [3.05, 3.63) is 59.9 Å². The van der Waals surface area contributed by atoms with Crippen molar-refractivity contribution in [2.45, 2.75) is 26.2 Å². The number of aryl methyl sites for hydroxylation is 1. The molecule has 0 saturated carbocycles. The van der Waals surface area contributed by atoms with Crippen LogP contribution >= 0.6 is 0 Å². The normalized spacial score (nSPS) is 14.0. The van der Waals surface area contributed by atoms with Crippen LogP contribution in [0.3, 0.4) is 0 Å². The maximum Gasteiger partial charge on any atom is 0.228 e. The van der Waals surface area contributed by atoms with Gasteiger partial charge >= 0.3 is 0 Å². The summed E-state index contributed by atoms with van der Waals surface area (Å²) in [5.41, 5.74) is 3.89. The largest absolute Gasteiger partial charge is 0.356 e. The molecule has 26 heavy (non-hydrogen) atoms. The van der Waals surface area contributed by atoms with E-state index in [0.29, 0.717) is 6.42 Å². The minimum atomic E-state index is -0.0206. The highest BCUT2D eigenvalue weighted by molar-refractivity contribution is 5.97. The third kappa shape index (κ3) is 3.52. The van der Waals surface area contributed by atoms with Crippen molar-refractivity contribution in [3.8, 4) is 0 Å². The molecule has 1 amide bonds. The molecule has 132 valence electrons. The van der Waals surface area contributed by atoms with Gasteiger partial charge in [-0.2, -0.15) is 0 Å². The molecule has 0 spiro atoms. The highest BCUT2D eigenvalue weighted by Crippen LogP contribution is 2.28. The number of nitrogens with zero attached hydrogens (tertiary/aromatic N) is 3. The molecule has 1 saturated heterocycles. The number of fused-ring (bicyclic) bond motifs is 1. The Balaban J connectivity index is 1.55. The molecular formula is C21H22N4O. The molecule has 0 aliphatic carbocycles. The Labute approximate surface area is 153 Å². The second kappa shape index (κ2) is 7.12. The molecule has 2 aromatic carbocycles. The fourth-order valence-corrected chi connectivity index (χ4v) is 3.40. The minimum absolute atomic E-state index is 0.0206. The van der Waals surface area contributed by atoms with Crippen LogP contribution in [0.25, 0.3) is 10.9 Å². The molecule has 2 heterocycles. The van der Waals surface area contributed by atoms with Crippen molar-refractivity contribution in [2.24, 2.45) is 0 Å². The average Bonchev–Trinajstić information content (AvgIpc) is 3.17. The number of aromatic nitrogens is 2. The molecule has 0 radical (unpaired) electrons. The predicted octanol–water partition coefficient (Wildman–Crippen LogP) is 3.72. The van der Waals surface area contributed by atoms with Crippen molar-refractivity contribution in [2.75, 3.05) is 23.3 Å². The van der Waals surface area contributed by atoms with Crippen molar-refractivity contribution in [1.29, 1.82) is 0 Å². The Hall–Kier alpha value is -2.95. The van der Waals surface area contributed by atoms with Crippen LogP contribution in [0.15, 0.2) is 48.8 Å². The fraction of sp³-hybridized carbons (Fsp3) is 0.286. The van der Waals surface area contributed by atoms with Gasteiger partial charge in [-0.05, 0) is 43.5 Å². The number of benzene rings is 2. The van der Waals surface area contributed by atoms with Crippen molar-refractivity contribution in [3.63, 3.8) is 0 Å². The van der Waals surface area contributed by atoms with Crippen LogP contribution in [0.2, 0.25) is 0 Å². The summed E-state index contributed by atoms with van der Waals surface area (Å²) in [6, 6.07) is 13.9. The molecule has 1 aliphatic heterocycles. The summed E-state index contributed by atoms with van der Waals surface area (Å²) in [6.45, 7) is 4.09. The van der Waals surface area contributed by atoms with E-state index in [4.69, 9.17) is 0 Å². The summed E-state index contributed by atoms with van der Waals surface area (Å²) in [5.74, 6) is 0.940. The Bertz CT molecular complexity index is 930. The number of carbonyl (C=O) groups excluding carboxylic acids is 1. The summed E-state index contributed by atoms with van der Waals surface area (Å²) in [4.78, 5) is 23.5. The lowest BCUT2D eigenvalue weighted by Gasteiger charge is -2.18. The molecule has 5 nitrogen and oxygen atoms in total. The van der Waals surface area contributed by atoms with E-state index in [1.165, 1.54) is 18.4 Å². The van der Waals surface area contributed by atoms with Crippen molar-refractivity contribution in [1.82, 2.24) is 9.97 Å². The lowest BCUT2D eigenvalue weighted by atomic mass is 10.1. The molecule has 1 fully saturated rings. The number of carbonyl (C=O) groups is 1. The molecule has 0 bridgehead atoms. The summed E-state index contributed by atoms with van der Waals surface area (Å²) < 4.78 is 0. The Kier molecular flexibility index (Phi) is 4.52. The van der Waals surface area contributed by atoms with Crippen LogP contribution in [0.1, 0.15) is 24.0 Å². The lowest BCUT2D eigenvalue weighted by molar-refractivity contribution is -0.115. The van der Waals surface area contributed by atoms with E-state index in [2.05, 4.69) is 20.2 Å².